The van der Waals surface area contributed by atoms with Crippen molar-refractivity contribution in [2.45, 2.75) is 3.91 Å². The Balaban J connectivity index is 3.02. The summed E-state index contributed by atoms with van der Waals surface area (Å²) in [6.07, 6.45) is 0. The molecule has 0 aromatic carbocycles. The molecule has 0 aliphatic carbocycles. The fourth-order valence-electron chi connectivity index (χ4n) is 0. The molecule has 0 bridgehead atoms. The first-order chi connectivity index (χ1) is 2.00. The lowest BCUT2D eigenvalue weighted by molar-refractivity contribution is 1.71. The van der Waals surface area contributed by atoms with Crippen molar-refractivity contribution in [3.63, 3.8) is 0 Å². The fraction of sp³-hybridized carbons (Fsp3) is 1.00. The van der Waals surface area contributed by atoms with Crippen molar-refractivity contribution in [3.8, 4) is 0 Å². The average Bonchev–Trinajstić information content (AvgIpc) is 0.722. The van der Waals surface area contributed by atoms with Gasteiger partial charge in [-0.3, -0.25) is 0 Å². The summed E-state index contributed by atoms with van der Waals surface area (Å²) < 4.78 is 1.06. The molecular formula is CH12Si4. The molecule has 0 aliphatic rings. The summed E-state index contributed by atoms with van der Waals surface area (Å²) in [5, 5.41) is 0. The third-order valence-corrected chi connectivity index (χ3v) is 0. The average molecular weight is 136 g/mol. The molecule has 0 radical (unpaired) electrons. The fourth-order valence-corrected chi connectivity index (χ4v) is 0. The first-order valence-electron chi connectivity index (χ1n) is 2.00. The molecular weight excluding hydrogens is 124 g/mol. The van der Waals surface area contributed by atoms with Gasteiger partial charge in [0.1, 0.15) is 0 Å². The van der Waals surface area contributed by atoms with Crippen LogP contribution in [-0.4, -0.2) is 41.0 Å². The van der Waals surface area contributed by atoms with Crippen molar-refractivity contribution >= 4 is 41.0 Å². The van der Waals surface area contributed by atoms with Crippen molar-refractivity contribution in [1.82, 2.24) is 0 Å². The van der Waals surface area contributed by atoms with Crippen LogP contribution >= 0.6 is 0 Å². The molecule has 0 fully saturated rings. The third kappa shape index (κ3) is 53.2. The smallest absolute Gasteiger partial charge is 0.00146 e. The molecule has 0 unspecified atom stereocenters. The van der Waals surface area contributed by atoms with Crippen LogP contribution in [0.25, 0.3) is 0 Å². The van der Waals surface area contributed by atoms with Gasteiger partial charge in [0.05, 0.1) is 0 Å². The number of hydrogen-bond acceptors (Lipinski definition) is 0. The lowest BCUT2D eigenvalue weighted by Gasteiger charge is -2.04. The predicted octanol–water partition coefficient (Wildman–Crippen LogP) is -4.52. The maximum atomic E-state index is 1.49. The highest BCUT2D eigenvalue weighted by molar-refractivity contribution is 6.74. The molecule has 0 spiro atoms. The molecule has 0 saturated carbocycles. The van der Waals surface area contributed by atoms with E-state index in [1.807, 2.05) is 0 Å². The molecule has 0 N–H and O–H groups in total. The minimum atomic E-state index is 1.06. The van der Waals surface area contributed by atoms with E-state index in [1.54, 1.807) is 0 Å². The van der Waals surface area contributed by atoms with Crippen LogP contribution in [0, 0.1) is 0 Å². The van der Waals surface area contributed by atoms with Crippen LogP contribution in [0.3, 0.4) is 0 Å². The molecule has 0 aromatic rings. The van der Waals surface area contributed by atoms with E-state index < -0.39 is 0 Å². The van der Waals surface area contributed by atoms with E-state index in [2.05, 4.69) is 0 Å². The van der Waals surface area contributed by atoms with Gasteiger partial charge >= 0.3 is 0 Å². The van der Waals surface area contributed by atoms with Crippen LogP contribution in [0.5, 0.6) is 0 Å². The highest BCUT2D eigenvalue weighted by Gasteiger charge is 1.96. The van der Waals surface area contributed by atoms with Crippen LogP contribution in [0.1, 0.15) is 0 Å². The number of rotatable bonds is 0. The van der Waals surface area contributed by atoms with E-state index in [1.165, 1.54) is 41.0 Å². The zero-order valence-electron chi connectivity index (χ0n) is 4.50. The second kappa shape index (κ2) is 1.54. The Morgan fingerprint density at radius 3 is 0.800 bits per heavy atom. The second-order valence-electron chi connectivity index (χ2n) is 3.00. The first-order valence-corrected chi connectivity index (χ1v) is 6.00. The molecule has 5 heavy (non-hydrogen) atoms. The van der Waals surface area contributed by atoms with E-state index in [0.717, 1.165) is 3.91 Å². The van der Waals surface area contributed by atoms with E-state index in [0.29, 0.717) is 0 Å². The highest BCUT2D eigenvalue weighted by atomic mass is 28.3. The molecule has 4 heteroatoms. The van der Waals surface area contributed by atoms with Gasteiger partial charge in [0.15, 0.2) is 0 Å². The van der Waals surface area contributed by atoms with Crippen LogP contribution < -0.4 is 0 Å². The molecule has 0 nitrogen and oxygen atoms in total. The van der Waals surface area contributed by atoms with E-state index >= 15 is 0 Å². The molecule has 0 amide bonds. The Morgan fingerprint density at radius 2 is 0.800 bits per heavy atom. The summed E-state index contributed by atoms with van der Waals surface area (Å²) in [5.74, 6) is 0. The maximum absolute atomic E-state index is 1.49. The Bertz CT molecular complexity index is 19.1. The largest absolute Gasteiger partial charge is 0.0780 e. The lowest BCUT2D eigenvalue weighted by Crippen LogP contribution is -2.10. The second-order valence-corrected chi connectivity index (χ2v) is 27.0. The predicted molar refractivity (Wildman–Crippen MR) is 42.4 cm³/mol. The Labute approximate surface area is 45.4 Å². The summed E-state index contributed by atoms with van der Waals surface area (Å²) in [5.41, 5.74) is 0. The van der Waals surface area contributed by atoms with Gasteiger partial charge in [0.2, 0.25) is 0 Å². The lowest BCUT2D eigenvalue weighted by atomic mass is 11.8. The minimum Gasteiger partial charge on any atom is -0.0780 e. The van der Waals surface area contributed by atoms with Crippen molar-refractivity contribution in [3.05, 3.63) is 0 Å². The van der Waals surface area contributed by atoms with Crippen molar-refractivity contribution in [1.29, 1.82) is 0 Å². The van der Waals surface area contributed by atoms with Gasteiger partial charge in [-0.2, -0.15) is 0 Å². The van der Waals surface area contributed by atoms with Crippen molar-refractivity contribution in [2.24, 2.45) is 0 Å². The first kappa shape index (κ1) is 5.87. The summed E-state index contributed by atoms with van der Waals surface area (Å²) >= 11 is 0. The summed E-state index contributed by atoms with van der Waals surface area (Å²) in [7, 11) is 5.97. The van der Waals surface area contributed by atoms with Crippen LogP contribution in [-0.2, 0) is 0 Å². The summed E-state index contributed by atoms with van der Waals surface area (Å²) in [6.45, 7) is 0. The zero-order chi connectivity index (χ0) is 4.50. The monoisotopic (exact) mass is 136 g/mol. The molecule has 0 aromatic heterocycles. The van der Waals surface area contributed by atoms with Gasteiger partial charge in [0.25, 0.3) is 0 Å². The third-order valence-electron chi connectivity index (χ3n) is 0. The Kier molecular flexibility index (Phi) is 1.81. The van der Waals surface area contributed by atoms with Gasteiger partial charge in [-0.05, 0) is 41.0 Å². The summed E-state index contributed by atoms with van der Waals surface area (Å²) in [4.78, 5) is 0. The summed E-state index contributed by atoms with van der Waals surface area (Å²) in [6, 6.07) is 0. The van der Waals surface area contributed by atoms with E-state index in [9.17, 15) is 0 Å². The van der Waals surface area contributed by atoms with E-state index in [-0.39, 0.29) is 0 Å². The van der Waals surface area contributed by atoms with Gasteiger partial charge in [-0.1, -0.05) is 3.91 Å². The molecule has 0 aliphatic heterocycles. The molecule has 32 valence electrons. The van der Waals surface area contributed by atoms with Gasteiger partial charge in [-0.25, -0.2) is 0 Å². The molecule has 0 rings (SSSR count). The van der Waals surface area contributed by atoms with Crippen molar-refractivity contribution < 1.29 is 0 Å². The molecule has 0 saturated heterocycles. The van der Waals surface area contributed by atoms with Crippen LogP contribution in [0.4, 0.5) is 0 Å². The normalized spacial score (nSPS) is 24.0. The standard InChI is InChI=1S/CH12Si4/c2-1(3,4)5/h2-5H3. The molecule has 0 heterocycles. The SMILES string of the molecule is [SiH3]C([SiH3])([SiH3])[SiH3]. The van der Waals surface area contributed by atoms with Gasteiger partial charge < -0.3 is 0 Å². The van der Waals surface area contributed by atoms with Crippen LogP contribution in [0.15, 0.2) is 0 Å². The van der Waals surface area contributed by atoms with E-state index in [4.69, 9.17) is 0 Å². The van der Waals surface area contributed by atoms with Crippen molar-refractivity contribution in [2.75, 3.05) is 0 Å². The number of hydrogen-bond donors (Lipinski definition) is 0. The van der Waals surface area contributed by atoms with Crippen LogP contribution in [0.2, 0.25) is 3.91 Å². The maximum Gasteiger partial charge on any atom is -0.00146 e. The quantitative estimate of drug-likeness (QED) is 0.295. The zero-order valence-corrected chi connectivity index (χ0v) is 12.5. The van der Waals surface area contributed by atoms with Gasteiger partial charge in [-0.15, -0.1) is 0 Å². The minimum absolute atomic E-state index is 1.06. The Morgan fingerprint density at radius 1 is 0.800 bits per heavy atom. The Hall–Kier alpha value is 0.868. The highest BCUT2D eigenvalue weighted by Crippen LogP contribution is 1.94. The topological polar surface area (TPSA) is 0 Å². The van der Waals surface area contributed by atoms with Gasteiger partial charge in [0, 0.05) is 0 Å². The molecule has 0 atom stereocenters.